The van der Waals surface area contributed by atoms with E-state index in [0.29, 0.717) is 5.69 Å². The van der Waals surface area contributed by atoms with E-state index in [4.69, 9.17) is 0 Å². The zero-order valence-electron chi connectivity index (χ0n) is 15.9. The molecule has 1 aromatic rings. The monoisotopic (exact) mass is 379 g/mol. The third-order valence-electron chi connectivity index (χ3n) is 4.43. The summed E-state index contributed by atoms with van der Waals surface area (Å²) < 4.78 is 26.3. The Morgan fingerprint density at radius 3 is 2.31 bits per heavy atom. The van der Waals surface area contributed by atoms with E-state index in [1.165, 1.54) is 0 Å². The van der Waals surface area contributed by atoms with Crippen molar-refractivity contribution in [3.63, 3.8) is 0 Å². The highest BCUT2D eigenvalue weighted by Gasteiger charge is 2.19. The van der Waals surface area contributed by atoms with E-state index in [2.05, 4.69) is 15.4 Å². The molecule has 6 nitrogen and oxygen atoms in total. The predicted octanol–water partition coefficient (Wildman–Crippen LogP) is 3.65. The molecular formula is C19H29N3O3S. The largest absolute Gasteiger partial charge is 0.333 e. The smallest absolute Gasteiger partial charge is 0.310 e. The van der Waals surface area contributed by atoms with Gasteiger partial charge in [0.15, 0.2) is 0 Å². The van der Waals surface area contributed by atoms with Crippen LogP contribution in [0, 0.1) is 0 Å². The Balaban J connectivity index is 2.14. The number of carbonyl (C=O) groups is 1. The van der Waals surface area contributed by atoms with E-state index in [1.54, 1.807) is 6.08 Å². The summed E-state index contributed by atoms with van der Waals surface area (Å²) in [7, 11) is -3.84. The molecule has 0 spiro atoms. The number of benzene rings is 1. The van der Waals surface area contributed by atoms with E-state index in [-0.39, 0.29) is 17.9 Å². The molecule has 1 aliphatic rings. The van der Waals surface area contributed by atoms with Crippen LogP contribution in [0.25, 0.3) is 0 Å². The first kappa shape index (κ1) is 20.5. The number of hydrogen-bond acceptors (Lipinski definition) is 4. The minimum Gasteiger partial charge on any atom is -0.310 e. The second-order valence-corrected chi connectivity index (χ2v) is 8.82. The second kappa shape index (κ2) is 8.68. The molecule has 0 radical (unpaired) electrons. The first-order chi connectivity index (χ1) is 12.2. The fraction of sp³-hybridized carbons (Fsp3) is 0.526. The first-order valence-corrected chi connectivity index (χ1v) is 10.6. The Hall–Kier alpha value is -1.86. The van der Waals surface area contributed by atoms with Crippen molar-refractivity contribution < 1.29 is 13.2 Å². The Kier molecular flexibility index (Phi) is 6.83. The van der Waals surface area contributed by atoms with Crippen molar-refractivity contribution in [1.29, 1.82) is 0 Å². The van der Waals surface area contributed by atoms with E-state index in [1.807, 2.05) is 45.9 Å². The number of carbonyl (C=O) groups excluding carboxylic acids is 1. The lowest BCUT2D eigenvalue weighted by Crippen LogP contribution is -2.34. The van der Waals surface area contributed by atoms with Gasteiger partial charge in [0.05, 0.1) is 0 Å². The molecule has 26 heavy (non-hydrogen) atoms. The van der Waals surface area contributed by atoms with Gasteiger partial charge in [-0.05, 0) is 42.3 Å². The molecule has 0 aromatic heterocycles. The molecular weight excluding hydrogens is 350 g/mol. The minimum atomic E-state index is -3.84. The topological polar surface area (TPSA) is 87.3 Å². The van der Waals surface area contributed by atoms with Gasteiger partial charge in [-0.25, -0.2) is 17.9 Å². The highest BCUT2D eigenvalue weighted by molar-refractivity contribution is 7.92. The maximum Gasteiger partial charge on any atom is 0.333 e. The summed E-state index contributed by atoms with van der Waals surface area (Å²) in [6.07, 6.45) is 3.51. The molecule has 1 aliphatic heterocycles. The van der Waals surface area contributed by atoms with Crippen molar-refractivity contribution in [2.75, 3.05) is 11.9 Å². The van der Waals surface area contributed by atoms with Crippen LogP contribution in [0.3, 0.4) is 0 Å². The van der Waals surface area contributed by atoms with Gasteiger partial charge in [-0.1, -0.05) is 52.0 Å². The molecule has 1 heterocycles. The summed E-state index contributed by atoms with van der Waals surface area (Å²) in [5.74, 6) is 0.405. The zero-order valence-corrected chi connectivity index (χ0v) is 16.7. The number of urea groups is 1. The fourth-order valence-corrected chi connectivity index (χ4v) is 3.85. The molecule has 0 saturated carbocycles. The summed E-state index contributed by atoms with van der Waals surface area (Å²) in [6, 6.07) is 5.16. The summed E-state index contributed by atoms with van der Waals surface area (Å²) in [5, 5.41) is 6.99. The molecule has 2 amide bonds. The molecule has 1 aromatic carbocycles. The average molecular weight is 380 g/mol. The highest BCUT2D eigenvalue weighted by atomic mass is 32.2. The van der Waals surface area contributed by atoms with Gasteiger partial charge in [-0.15, -0.1) is 0 Å². The molecule has 144 valence electrons. The lowest BCUT2D eigenvalue weighted by atomic mass is 9.93. The summed E-state index contributed by atoms with van der Waals surface area (Å²) in [6.45, 7) is 9.04. The van der Waals surface area contributed by atoms with Crippen molar-refractivity contribution in [1.82, 2.24) is 10.0 Å². The van der Waals surface area contributed by atoms with E-state index >= 15 is 0 Å². The Morgan fingerprint density at radius 1 is 1.19 bits per heavy atom. The molecule has 1 fully saturated rings. The SMILES string of the molecule is CC(C)c1cccc(C(C)C)c1NC(=O)NS(=O)(=O)/C=C/[C@@H]1CCCN1. The summed E-state index contributed by atoms with van der Waals surface area (Å²) in [5.41, 5.74) is 2.65. The lowest BCUT2D eigenvalue weighted by molar-refractivity contribution is 0.256. The first-order valence-electron chi connectivity index (χ1n) is 9.08. The van der Waals surface area contributed by atoms with Gasteiger partial charge in [-0.3, -0.25) is 0 Å². The van der Waals surface area contributed by atoms with Crippen LogP contribution < -0.4 is 15.4 Å². The number of sulfonamides is 1. The molecule has 0 bridgehead atoms. The van der Waals surface area contributed by atoms with Crippen LogP contribution in [0.1, 0.15) is 63.5 Å². The van der Waals surface area contributed by atoms with E-state index < -0.39 is 16.1 Å². The minimum absolute atomic E-state index is 0.0452. The van der Waals surface area contributed by atoms with Crippen LogP contribution in [0.4, 0.5) is 10.5 Å². The van der Waals surface area contributed by atoms with Crippen molar-refractivity contribution in [3.05, 3.63) is 40.8 Å². The Morgan fingerprint density at radius 2 is 1.81 bits per heavy atom. The van der Waals surface area contributed by atoms with Crippen LogP contribution in [0.2, 0.25) is 0 Å². The number of rotatable bonds is 6. The lowest BCUT2D eigenvalue weighted by Gasteiger charge is -2.20. The zero-order chi connectivity index (χ0) is 19.3. The van der Waals surface area contributed by atoms with Crippen LogP contribution in [-0.4, -0.2) is 27.0 Å². The third-order valence-corrected chi connectivity index (χ3v) is 5.42. The van der Waals surface area contributed by atoms with Crippen molar-refractivity contribution >= 4 is 21.7 Å². The molecule has 1 atom stereocenters. The molecule has 1 saturated heterocycles. The van der Waals surface area contributed by atoms with Crippen molar-refractivity contribution in [3.8, 4) is 0 Å². The van der Waals surface area contributed by atoms with Gasteiger partial charge in [0.25, 0.3) is 10.0 Å². The van der Waals surface area contributed by atoms with Crippen LogP contribution in [0.5, 0.6) is 0 Å². The highest BCUT2D eigenvalue weighted by Crippen LogP contribution is 2.32. The Labute approximate surface area is 156 Å². The molecule has 0 unspecified atom stereocenters. The van der Waals surface area contributed by atoms with E-state index in [0.717, 1.165) is 35.9 Å². The Bertz CT molecular complexity index is 738. The van der Waals surface area contributed by atoms with E-state index in [9.17, 15) is 13.2 Å². The second-order valence-electron chi connectivity index (χ2n) is 7.25. The normalized spacial score (nSPS) is 18.0. The van der Waals surface area contributed by atoms with Gasteiger partial charge in [-0.2, -0.15) is 0 Å². The number of para-hydroxylation sites is 1. The van der Waals surface area contributed by atoms with Gasteiger partial charge >= 0.3 is 6.03 Å². The van der Waals surface area contributed by atoms with Gasteiger partial charge < -0.3 is 10.6 Å². The fourth-order valence-electron chi connectivity index (χ4n) is 3.07. The van der Waals surface area contributed by atoms with Gasteiger partial charge in [0.1, 0.15) is 0 Å². The van der Waals surface area contributed by atoms with Gasteiger partial charge in [0.2, 0.25) is 0 Å². The molecule has 3 N–H and O–H groups in total. The van der Waals surface area contributed by atoms with Crippen LogP contribution in [-0.2, 0) is 10.0 Å². The number of amides is 2. The third kappa shape index (κ3) is 5.57. The van der Waals surface area contributed by atoms with Crippen molar-refractivity contribution in [2.45, 2.75) is 58.4 Å². The summed E-state index contributed by atoms with van der Waals surface area (Å²) in [4.78, 5) is 12.3. The maximum absolute atomic E-state index is 12.3. The maximum atomic E-state index is 12.3. The molecule has 2 rings (SSSR count). The number of nitrogens with one attached hydrogen (secondary N) is 3. The summed E-state index contributed by atoms with van der Waals surface area (Å²) >= 11 is 0. The number of anilines is 1. The quantitative estimate of drug-likeness (QED) is 0.704. The van der Waals surface area contributed by atoms with Gasteiger partial charge in [0, 0.05) is 17.1 Å². The predicted molar refractivity (Wildman–Crippen MR) is 106 cm³/mol. The van der Waals surface area contributed by atoms with Crippen LogP contribution >= 0.6 is 0 Å². The molecule has 7 heteroatoms. The molecule has 0 aliphatic carbocycles. The van der Waals surface area contributed by atoms with Crippen LogP contribution in [0.15, 0.2) is 29.7 Å². The standard InChI is InChI=1S/C19H29N3O3S/c1-13(2)16-8-5-9-17(14(3)4)18(16)21-19(23)22-26(24,25)12-10-15-7-6-11-20-15/h5,8-10,12-15,20H,6-7,11H2,1-4H3,(H2,21,22,23)/b12-10+/t15-/m0/s1. The number of hydrogen-bond donors (Lipinski definition) is 3. The van der Waals surface area contributed by atoms with Crippen molar-refractivity contribution in [2.24, 2.45) is 0 Å². The average Bonchev–Trinajstić information content (AvgIpc) is 3.05.